The molecule has 1 aliphatic heterocycles. The number of hydrogen-bond donors (Lipinski definition) is 2. The zero-order chi connectivity index (χ0) is 14.8. The average molecular weight is 282 g/mol. The molecule has 0 spiro atoms. The molecule has 6 heteroatoms. The number of carbonyl (C=O) groups excluding carboxylic acids is 2. The van der Waals surface area contributed by atoms with Gasteiger partial charge in [0.2, 0.25) is 5.91 Å². The topological polar surface area (TPSA) is 83.5 Å². The van der Waals surface area contributed by atoms with Crippen LogP contribution in [0.1, 0.15) is 18.4 Å². The minimum Gasteiger partial charge on any atom is -0.320 e. The van der Waals surface area contributed by atoms with Gasteiger partial charge >= 0.3 is 0 Å². The van der Waals surface area contributed by atoms with E-state index in [-0.39, 0.29) is 18.2 Å². The molecule has 21 heavy (non-hydrogen) atoms. The summed E-state index contributed by atoms with van der Waals surface area (Å²) in [5, 5.41) is 7.51. The van der Waals surface area contributed by atoms with Gasteiger partial charge in [-0.1, -0.05) is 6.07 Å². The second-order valence-corrected chi connectivity index (χ2v) is 4.88. The van der Waals surface area contributed by atoms with Gasteiger partial charge in [-0.15, -0.1) is 0 Å². The third kappa shape index (κ3) is 2.60. The van der Waals surface area contributed by atoms with Gasteiger partial charge in [0, 0.05) is 24.4 Å². The summed E-state index contributed by atoms with van der Waals surface area (Å²) in [6, 6.07) is 7.50. The van der Waals surface area contributed by atoms with Crippen LogP contribution in [-0.2, 0) is 9.59 Å². The van der Waals surface area contributed by atoms with Gasteiger partial charge in [0.1, 0.15) is 5.71 Å². The van der Waals surface area contributed by atoms with E-state index in [9.17, 15) is 9.59 Å². The predicted molar refractivity (Wildman–Crippen MR) is 79.9 cm³/mol. The van der Waals surface area contributed by atoms with Crippen molar-refractivity contribution in [2.24, 2.45) is 5.10 Å². The molecule has 1 aromatic heterocycles. The van der Waals surface area contributed by atoms with Crippen molar-refractivity contribution >= 4 is 34.1 Å². The average Bonchev–Trinajstić information content (AvgIpc) is 2.51. The summed E-state index contributed by atoms with van der Waals surface area (Å²) in [5.74, 6) is -0.472. The van der Waals surface area contributed by atoms with Crippen LogP contribution in [0.3, 0.4) is 0 Å². The summed E-state index contributed by atoms with van der Waals surface area (Å²) in [7, 11) is 0. The Kier molecular flexibility index (Phi) is 3.35. The van der Waals surface area contributed by atoms with Crippen LogP contribution in [0.15, 0.2) is 35.6 Å². The van der Waals surface area contributed by atoms with E-state index in [1.807, 2.05) is 31.2 Å². The molecule has 0 atom stereocenters. The minimum atomic E-state index is -0.302. The van der Waals surface area contributed by atoms with Crippen molar-refractivity contribution in [3.8, 4) is 0 Å². The van der Waals surface area contributed by atoms with Gasteiger partial charge in [-0.05, 0) is 30.7 Å². The van der Waals surface area contributed by atoms with Crippen LogP contribution in [0.25, 0.3) is 10.9 Å². The first-order valence-electron chi connectivity index (χ1n) is 6.66. The van der Waals surface area contributed by atoms with Crippen LogP contribution >= 0.6 is 0 Å². The lowest BCUT2D eigenvalue weighted by molar-refractivity contribution is -0.121. The summed E-state index contributed by atoms with van der Waals surface area (Å²) in [4.78, 5) is 27.6. The molecule has 2 heterocycles. The highest BCUT2D eigenvalue weighted by Crippen LogP contribution is 2.24. The molecule has 0 fully saturated rings. The van der Waals surface area contributed by atoms with E-state index in [4.69, 9.17) is 0 Å². The van der Waals surface area contributed by atoms with Crippen LogP contribution in [0.5, 0.6) is 0 Å². The SMILES string of the molecule is Cc1ccc(NC(=O)C2=NNC(=O)CC2)c2cccnc12. The zero-order valence-electron chi connectivity index (χ0n) is 11.5. The third-order valence-electron chi connectivity index (χ3n) is 3.39. The molecule has 0 saturated heterocycles. The summed E-state index contributed by atoms with van der Waals surface area (Å²) in [6.07, 6.45) is 2.35. The number of pyridine rings is 1. The van der Waals surface area contributed by atoms with Crippen LogP contribution in [0.2, 0.25) is 0 Å². The maximum Gasteiger partial charge on any atom is 0.271 e. The second-order valence-electron chi connectivity index (χ2n) is 4.88. The quantitative estimate of drug-likeness (QED) is 0.880. The molecule has 1 aromatic carbocycles. The Morgan fingerprint density at radius 3 is 2.90 bits per heavy atom. The van der Waals surface area contributed by atoms with E-state index < -0.39 is 0 Å². The Labute approximate surface area is 121 Å². The van der Waals surface area contributed by atoms with Crippen molar-refractivity contribution in [3.63, 3.8) is 0 Å². The van der Waals surface area contributed by atoms with Crippen molar-refractivity contribution in [1.82, 2.24) is 10.4 Å². The van der Waals surface area contributed by atoms with Gasteiger partial charge in [0.15, 0.2) is 0 Å². The summed E-state index contributed by atoms with van der Waals surface area (Å²) in [6.45, 7) is 1.97. The lowest BCUT2D eigenvalue weighted by atomic mass is 10.1. The van der Waals surface area contributed by atoms with Gasteiger partial charge in [-0.2, -0.15) is 5.10 Å². The molecule has 0 saturated carbocycles. The number of aromatic nitrogens is 1. The van der Waals surface area contributed by atoms with Crippen LogP contribution < -0.4 is 10.7 Å². The molecule has 3 rings (SSSR count). The Morgan fingerprint density at radius 1 is 1.29 bits per heavy atom. The molecule has 1 aliphatic rings. The number of nitrogens with zero attached hydrogens (tertiary/aromatic N) is 2. The number of amides is 2. The van der Waals surface area contributed by atoms with Crippen LogP contribution in [0.4, 0.5) is 5.69 Å². The maximum atomic E-state index is 12.2. The Bertz CT molecular complexity index is 767. The molecular formula is C15H14N4O2. The number of hydrogen-bond acceptors (Lipinski definition) is 4. The summed E-state index contributed by atoms with van der Waals surface area (Å²) < 4.78 is 0. The monoisotopic (exact) mass is 282 g/mol. The highest BCUT2D eigenvalue weighted by molar-refractivity contribution is 6.44. The molecule has 2 N–H and O–H groups in total. The van der Waals surface area contributed by atoms with Crippen LogP contribution in [-0.4, -0.2) is 22.5 Å². The maximum absolute atomic E-state index is 12.2. The molecule has 106 valence electrons. The zero-order valence-corrected chi connectivity index (χ0v) is 11.5. The highest BCUT2D eigenvalue weighted by atomic mass is 16.2. The molecule has 0 bridgehead atoms. The Balaban J connectivity index is 1.90. The highest BCUT2D eigenvalue weighted by Gasteiger charge is 2.19. The molecule has 2 aromatic rings. The number of hydrazone groups is 1. The lowest BCUT2D eigenvalue weighted by Gasteiger charge is -2.13. The number of benzene rings is 1. The molecule has 0 radical (unpaired) electrons. The molecular weight excluding hydrogens is 268 g/mol. The van der Waals surface area contributed by atoms with E-state index in [1.54, 1.807) is 6.20 Å². The second kappa shape index (κ2) is 5.32. The first-order valence-corrected chi connectivity index (χ1v) is 6.66. The normalized spacial score (nSPS) is 14.5. The first kappa shape index (κ1) is 13.2. The van der Waals surface area contributed by atoms with E-state index in [1.165, 1.54) is 0 Å². The van der Waals surface area contributed by atoms with Crippen molar-refractivity contribution < 1.29 is 9.59 Å². The smallest absolute Gasteiger partial charge is 0.271 e. The standard InChI is InChI=1S/C15H14N4O2/c1-9-4-5-11(10-3-2-8-16-14(9)10)17-15(21)12-6-7-13(20)19-18-12/h2-5,8H,6-7H2,1H3,(H,17,21)(H,19,20). The van der Waals surface area contributed by atoms with E-state index >= 15 is 0 Å². The van der Waals surface area contributed by atoms with Gasteiger partial charge in [0.05, 0.1) is 11.2 Å². The fraction of sp³-hybridized carbons (Fsp3) is 0.200. The number of carbonyl (C=O) groups is 2. The summed E-state index contributed by atoms with van der Waals surface area (Å²) in [5.41, 5.74) is 5.24. The number of rotatable bonds is 2. The van der Waals surface area contributed by atoms with Gasteiger partial charge in [-0.25, -0.2) is 5.43 Å². The summed E-state index contributed by atoms with van der Waals surface area (Å²) >= 11 is 0. The van der Waals surface area contributed by atoms with Crippen molar-refractivity contribution in [2.45, 2.75) is 19.8 Å². The largest absolute Gasteiger partial charge is 0.320 e. The number of nitrogens with one attached hydrogen (secondary N) is 2. The lowest BCUT2D eigenvalue weighted by Crippen LogP contribution is -2.32. The Morgan fingerprint density at radius 2 is 2.14 bits per heavy atom. The number of anilines is 1. The van der Waals surface area contributed by atoms with Crippen LogP contribution in [0, 0.1) is 6.92 Å². The third-order valence-corrected chi connectivity index (χ3v) is 3.39. The minimum absolute atomic E-state index is 0.170. The van der Waals surface area contributed by atoms with Gasteiger partial charge in [0.25, 0.3) is 5.91 Å². The van der Waals surface area contributed by atoms with E-state index in [2.05, 4.69) is 20.8 Å². The molecule has 0 unspecified atom stereocenters. The Hall–Kier alpha value is -2.76. The van der Waals surface area contributed by atoms with Gasteiger partial charge in [-0.3, -0.25) is 14.6 Å². The number of aryl methyl sites for hydroxylation is 1. The predicted octanol–water partition coefficient (Wildman–Crippen LogP) is 1.75. The molecule has 0 aliphatic carbocycles. The fourth-order valence-electron chi connectivity index (χ4n) is 2.26. The number of fused-ring (bicyclic) bond motifs is 1. The molecule has 6 nitrogen and oxygen atoms in total. The van der Waals surface area contributed by atoms with Crippen molar-refractivity contribution in [3.05, 3.63) is 36.0 Å². The van der Waals surface area contributed by atoms with Crippen molar-refractivity contribution in [2.75, 3.05) is 5.32 Å². The first-order chi connectivity index (χ1) is 10.1. The molecule has 2 amide bonds. The fourth-order valence-corrected chi connectivity index (χ4v) is 2.26. The van der Waals surface area contributed by atoms with Crippen molar-refractivity contribution in [1.29, 1.82) is 0 Å². The van der Waals surface area contributed by atoms with E-state index in [0.717, 1.165) is 16.5 Å². The van der Waals surface area contributed by atoms with Gasteiger partial charge < -0.3 is 5.32 Å². The van der Waals surface area contributed by atoms with E-state index in [0.29, 0.717) is 17.8 Å².